The molecule has 1 atom stereocenters. The average Bonchev–Trinajstić information content (AvgIpc) is 3.15. The lowest BCUT2D eigenvalue weighted by Gasteiger charge is -2.11. The summed E-state index contributed by atoms with van der Waals surface area (Å²) in [7, 11) is 0. The minimum Gasteiger partial charge on any atom is -0.508 e. The zero-order valence-electron chi connectivity index (χ0n) is 13.7. The smallest absolute Gasteiger partial charge is 0.206 e. The molecule has 2 aromatic carbocycles. The van der Waals surface area contributed by atoms with Gasteiger partial charge in [0.05, 0.1) is 6.10 Å². The molecule has 4 rings (SSSR count). The van der Waals surface area contributed by atoms with E-state index in [1.807, 2.05) is 24.4 Å². The van der Waals surface area contributed by atoms with Gasteiger partial charge in [0, 0.05) is 29.9 Å². The van der Waals surface area contributed by atoms with E-state index in [2.05, 4.69) is 26.6 Å². The third-order valence-electron chi connectivity index (χ3n) is 4.01. The van der Waals surface area contributed by atoms with Crippen molar-refractivity contribution in [3.8, 4) is 16.3 Å². The van der Waals surface area contributed by atoms with Crippen LogP contribution >= 0.6 is 11.3 Å². The van der Waals surface area contributed by atoms with Crippen LogP contribution in [0.3, 0.4) is 0 Å². The Labute approximate surface area is 153 Å². The van der Waals surface area contributed by atoms with Gasteiger partial charge in [0.2, 0.25) is 5.13 Å². The second-order valence-corrected chi connectivity index (χ2v) is 6.82. The average molecular weight is 364 g/mol. The standard InChI is InChI=1S/C19H16N4O2S/c24-16-3-1-2-13(9-16)17(25)11-21-19-23-22-18(26-19)14-4-5-15-10-20-7-6-12(15)8-14/h1-10,17,24-25H,11H2,(H,21,23). The van der Waals surface area contributed by atoms with Crippen molar-refractivity contribution in [3.05, 3.63) is 66.5 Å². The second kappa shape index (κ2) is 7.07. The Kier molecular flexibility index (Phi) is 4.47. The first kappa shape index (κ1) is 16.4. The lowest BCUT2D eigenvalue weighted by atomic mass is 10.1. The number of benzene rings is 2. The molecule has 0 saturated heterocycles. The number of anilines is 1. The van der Waals surface area contributed by atoms with Gasteiger partial charge in [-0.1, -0.05) is 35.6 Å². The van der Waals surface area contributed by atoms with Crippen molar-refractivity contribution in [2.45, 2.75) is 6.10 Å². The maximum atomic E-state index is 10.2. The van der Waals surface area contributed by atoms with Crippen LogP contribution in [0.2, 0.25) is 0 Å². The number of aliphatic hydroxyl groups excluding tert-OH is 1. The fraction of sp³-hybridized carbons (Fsp3) is 0.105. The van der Waals surface area contributed by atoms with Crippen molar-refractivity contribution in [3.63, 3.8) is 0 Å². The molecule has 26 heavy (non-hydrogen) atoms. The maximum absolute atomic E-state index is 10.2. The summed E-state index contributed by atoms with van der Waals surface area (Å²) in [4.78, 5) is 4.12. The van der Waals surface area contributed by atoms with E-state index in [1.165, 1.54) is 11.3 Å². The number of fused-ring (bicyclic) bond motifs is 1. The van der Waals surface area contributed by atoms with Crippen LogP contribution in [0, 0.1) is 0 Å². The minimum atomic E-state index is -0.748. The van der Waals surface area contributed by atoms with Crippen LogP contribution in [0.25, 0.3) is 21.3 Å². The molecule has 0 fully saturated rings. The van der Waals surface area contributed by atoms with Crippen LogP contribution in [-0.4, -0.2) is 31.9 Å². The Morgan fingerprint density at radius 1 is 1.04 bits per heavy atom. The Bertz CT molecular complexity index is 1050. The predicted molar refractivity (Wildman–Crippen MR) is 102 cm³/mol. The molecule has 0 aliphatic heterocycles. The minimum absolute atomic E-state index is 0.131. The molecule has 4 aromatic rings. The van der Waals surface area contributed by atoms with E-state index < -0.39 is 6.10 Å². The first-order chi connectivity index (χ1) is 12.7. The van der Waals surface area contributed by atoms with E-state index in [9.17, 15) is 10.2 Å². The van der Waals surface area contributed by atoms with Gasteiger partial charge in [0.1, 0.15) is 10.8 Å². The number of phenols is 1. The Balaban J connectivity index is 1.47. The zero-order chi connectivity index (χ0) is 17.9. The number of hydrogen-bond acceptors (Lipinski definition) is 7. The fourth-order valence-corrected chi connectivity index (χ4v) is 3.41. The van der Waals surface area contributed by atoms with Gasteiger partial charge in [0.15, 0.2) is 0 Å². The van der Waals surface area contributed by atoms with E-state index in [0.29, 0.717) is 10.7 Å². The van der Waals surface area contributed by atoms with Gasteiger partial charge in [-0.05, 0) is 35.2 Å². The molecule has 0 radical (unpaired) electrons. The third-order valence-corrected chi connectivity index (χ3v) is 4.94. The predicted octanol–water partition coefficient (Wildman–Crippen LogP) is 3.60. The molecular formula is C19H16N4O2S. The molecule has 0 saturated carbocycles. The number of rotatable bonds is 5. The summed E-state index contributed by atoms with van der Waals surface area (Å²) < 4.78 is 0. The van der Waals surface area contributed by atoms with E-state index in [4.69, 9.17) is 0 Å². The van der Waals surface area contributed by atoms with E-state index in [0.717, 1.165) is 21.3 Å². The number of aliphatic hydroxyl groups is 1. The largest absolute Gasteiger partial charge is 0.508 e. The highest BCUT2D eigenvalue weighted by Crippen LogP contribution is 2.29. The topological polar surface area (TPSA) is 91.2 Å². The maximum Gasteiger partial charge on any atom is 0.206 e. The van der Waals surface area contributed by atoms with Crippen molar-refractivity contribution in [1.82, 2.24) is 15.2 Å². The van der Waals surface area contributed by atoms with Crippen LogP contribution < -0.4 is 5.32 Å². The molecule has 0 aliphatic carbocycles. The molecule has 0 spiro atoms. The highest BCUT2D eigenvalue weighted by atomic mass is 32.1. The van der Waals surface area contributed by atoms with Gasteiger partial charge in [0.25, 0.3) is 0 Å². The van der Waals surface area contributed by atoms with Crippen LogP contribution in [-0.2, 0) is 0 Å². The van der Waals surface area contributed by atoms with E-state index in [1.54, 1.807) is 30.5 Å². The van der Waals surface area contributed by atoms with Gasteiger partial charge in [-0.2, -0.15) is 0 Å². The Morgan fingerprint density at radius 2 is 1.96 bits per heavy atom. The van der Waals surface area contributed by atoms with Gasteiger partial charge in [-0.15, -0.1) is 10.2 Å². The summed E-state index contributed by atoms with van der Waals surface area (Å²) in [6.45, 7) is 0.279. The number of hydrogen-bond donors (Lipinski definition) is 3. The third kappa shape index (κ3) is 3.49. The highest BCUT2D eigenvalue weighted by Gasteiger charge is 2.11. The normalized spacial score (nSPS) is 12.2. The number of nitrogens with zero attached hydrogens (tertiary/aromatic N) is 3. The Hall–Kier alpha value is -3.03. The van der Waals surface area contributed by atoms with E-state index in [-0.39, 0.29) is 12.3 Å². The van der Waals surface area contributed by atoms with Gasteiger partial charge in [-0.25, -0.2) is 0 Å². The van der Waals surface area contributed by atoms with Gasteiger partial charge >= 0.3 is 0 Å². The van der Waals surface area contributed by atoms with Crippen LogP contribution in [0.4, 0.5) is 5.13 Å². The van der Waals surface area contributed by atoms with Crippen molar-refractivity contribution < 1.29 is 10.2 Å². The molecule has 2 heterocycles. The fourth-order valence-electron chi connectivity index (χ4n) is 2.66. The molecule has 0 aliphatic rings. The molecule has 3 N–H and O–H groups in total. The molecular weight excluding hydrogens is 348 g/mol. The number of aromatic hydroxyl groups is 1. The summed E-state index contributed by atoms with van der Waals surface area (Å²) in [6.07, 6.45) is 2.85. The summed E-state index contributed by atoms with van der Waals surface area (Å²) in [5.74, 6) is 0.131. The quantitative estimate of drug-likeness (QED) is 0.501. The molecule has 0 bridgehead atoms. The first-order valence-electron chi connectivity index (χ1n) is 8.07. The summed E-state index contributed by atoms with van der Waals surface area (Å²) in [5, 5.41) is 34.8. The number of nitrogens with one attached hydrogen (secondary N) is 1. The van der Waals surface area contributed by atoms with Crippen LogP contribution in [0.5, 0.6) is 5.75 Å². The molecule has 2 aromatic heterocycles. The highest BCUT2D eigenvalue weighted by molar-refractivity contribution is 7.18. The van der Waals surface area contributed by atoms with Crippen molar-refractivity contribution >= 4 is 27.2 Å². The second-order valence-electron chi connectivity index (χ2n) is 5.84. The van der Waals surface area contributed by atoms with Crippen molar-refractivity contribution in [2.75, 3.05) is 11.9 Å². The summed E-state index contributed by atoms with van der Waals surface area (Å²) >= 11 is 1.43. The van der Waals surface area contributed by atoms with Crippen LogP contribution in [0.15, 0.2) is 60.9 Å². The Morgan fingerprint density at radius 3 is 2.85 bits per heavy atom. The van der Waals surface area contributed by atoms with Gasteiger partial charge in [-0.3, -0.25) is 4.98 Å². The summed E-state index contributed by atoms with van der Waals surface area (Å²) in [5.41, 5.74) is 1.63. The zero-order valence-corrected chi connectivity index (χ0v) is 14.5. The molecule has 130 valence electrons. The SMILES string of the molecule is Oc1cccc(C(O)CNc2nnc(-c3ccc4cnccc4c3)s2)c1. The van der Waals surface area contributed by atoms with Crippen molar-refractivity contribution in [1.29, 1.82) is 0 Å². The molecule has 6 nitrogen and oxygen atoms in total. The van der Waals surface area contributed by atoms with Gasteiger partial charge < -0.3 is 15.5 Å². The lowest BCUT2D eigenvalue weighted by Crippen LogP contribution is -2.11. The van der Waals surface area contributed by atoms with E-state index >= 15 is 0 Å². The number of aromatic nitrogens is 3. The van der Waals surface area contributed by atoms with Crippen molar-refractivity contribution in [2.24, 2.45) is 0 Å². The van der Waals surface area contributed by atoms with Crippen LogP contribution in [0.1, 0.15) is 11.7 Å². The first-order valence-corrected chi connectivity index (χ1v) is 8.89. The summed E-state index contributed by atoms with van der Waals surface area (Å²) in [6, 6.07) is 14.6. The number of pyridine rings is 1. The monoisotopic (exact) mass is 364 g/mol. The number of phenolic OH excluding ortho intramolecular Hbond substituents is 1. The molecule has 7 heteroatoms. The molecule has 0 amide bonds. The molecule has 1 unspecified atom stereocenters. The lowest BCUT2D eigenvalue weighted by molar-refractivity contribution is 0.191.